The fourth-order valence-electron chi connectivity index (χ4n) is 4.65. The largest absolute Gasteiger partial charge is 0.444 e. The SMILES string of the molecule is C=CCC1(C(=O)NCC2(C(=O)N(C)C)CCCC2)CCCN1C(=O)OC(C)(C)C. The quantitative estimate of drug-likeness (QED) is 0.686. The Balaban J connectivity index is 2.20. The van der Waals surface area contributed by atoms with E-state index in [0.29, 0.717) is 25.9 Å². The molecule has 0 aromatic carbocycles. The Morgan fingerprint density at radius 1 is 1.14 bits per heavy atom. The third-order valence-corrected chi connectivity index (χ3v) is 6.02. The molecule has 2 aliphatic rings. The number of carbonyl (C=O) groups is 3. The predicted molar refractivity (Wildman–Crippen MR) is 112 cm³/mol. The summed E-state index contributed by atoms with van der Waals surface area (Å²) >= 11 is 0. The maximum absolute atomic E-state index is 13.4. The van der Waals surface area contributed by atoms with Crippen molar-refractivity contribution in [2.75, 3.05) is 27.2 Å². The van der Waals surface area contributed by atoms with Crippen molar-refractivity contribution in [2.24, 2.45) is 5.41 Å². The minimum atomic E-state index is -1.01. The second-order valence-corrected chi connectivity index (χ2v) is 9.63. The van der Waals surface area contributed by atoms with E-state index in [0.717, 1.165) is 32.1 Å². The van der Waals surface area contributed by atoms with Crippen molar-refractivity contribution >= 4 is 17.9 Å². The van der Waals surface area contributed by atoms with Crippen molar-refractivity contribution in [2.45, 2.75) is 76.9 Å². The summed E-state index contributed by atoms with van der Waals surface area (Å²) in [4.78, 5) is 42.2. The van der Waals surface area contributed by atoms with Gasteiger partial charge < -0.3 is 15.0 Å². The van der Waals surface area contributed by atoms with Crippen LogP contribution in [-0.4, -0.2) is 66.0 Å². The van der Waals surface area contributed by atoms with Crippen LogP contribution in [-0.2, 0) is 14.3 Å². The second-order valence-electron chi connectivity index (χ2n) is 9.63. The second kappa shape index (κ2) is 8.76. The maximum atomic E-state index is 13.4. The van der Waals surface area contributed by atoms with E-state index in [2.05, 4.69) is 11.9 Å². The molecule has 29 heavy (non-hydrogen) atoms. The zero-order chi connectivity index (χ0) is 21.9. The predicted octanol–water partition coefficient (Wildman–Crippen LogP) is 3.10. The monoisotopic (exact) mass is 407 g/mol. The summed E-state index contributed by atoms with van der Waals surface area (Å²) in [7, 11) is 3.51. The van der Waals surface area contributed by atoms with E-state index in [9.17, 15) is 14.4 Å². The third kappa shape index (κ3) is 4.93. The Hall–Kier alpha value is -2.05. The van der Waals surface area contributed by atoms with Gasteiger partial charge in [-0.05, 0) is 52.9 Å². The van der Waals surface area contributed by atoms with Gasteiger partial charge in [0.15, 0.2) is 0 Å². The molecule has 1 saturated heterocycles. The standard InChI is InChI=1S/C22H37N3O4/c1-7-11-22(14-10-15-25(22)19(28)29-20(2,3)4)17(26)23-16-21(12-8-9-13-21)18(27)24(5)6/h7H,1,8-16H2,2-6H3,(H,23,26). The summed E-state index contributed by atoms with van der Waals surface area (Å²) < 4.78 is 5.55. The van der Waals surface area contributed by atoms with Gasteiger partial charge in [0.05, 0.1) is 5.41 Å². The molecular weight excluding hydrogens is 370 g/mol. The molecule has 3 amide bonds. The number of hydrogen-bond donors (Lipinski definition) is 1. The Labute approximate surface area is 174 Å². The first kappa shape index (κ1) is 23.2. The van der Waals surface area contributed by atoms with Crippen LogP contribution < -0.4 is 5.32 Å². The average Bonchev–Trinajstić information content (AvgIpc) is 3.26. The number of ether oxygens (including phenoxy) is 1. The fourth-order valence-corrected chi connectivity index (χ4v) is 4.65. The zero-order valence-corrected chi connectivity index (χ0v) is 18.7. The molecule has 7 heteroatoms. The highest BCUT2D eigenvalue weighted by molar-refractivity contribution is 5.91. The highest BCUT2D eigenvalue weighted by Gasteiger charge is 2.51. The summed E-state index contributed by atoms with van der Waals surface area (Å²) in [6.07, 6.45) is 6.34. The molecule has 1 aliphatic heterocycles. The summed E-state index contributed by atoms with van der Waals surface area (Å²) in [6, 6.07) is 0. The fraction of sp³-hybridized carbons (Fsp3) is 0.773. The van der Waals surface area contributed by atoms with Gasteiger partial charge in [-0.25, -0.2) is 4.79 Å². The van der Waals surface area contributed by atoms with Gasteiger partial charge in [-0.2, -0.15) is 0 Å². The van der Waals surface area contributed by atoms with Gasteiger partial charge >= 0.3 is 6.09 Å². The number of nitrogens with one attached hydrogen (secondary N) is 1. The molecule has 1 unspecified atom stereocenters. The van der Waals surface area contributed by atoms with Crippen LogP contribution in [0.25, 0.3) is 0 Å². The summed E-state index contributed by atoms with van der Waals surface area (Å²) in [5.74, 6) is -0.165. The lowest BCUT2D eigenvalue weighted by molar-refractivity contribution is -0.140. The highest BCUT2D eigenvalue weighted by Crippen LogP contribution is 2.40. The molecule has 1 saturated carbocycles. The van der Waals surface area contributed by atoms with Crippen LogP contribution in [0, 0.1) is 5.41 Å². The molecule has 0 aromatic heterocycles. The van der Waals surface area contributed by atoms with Crippen LogP contribution in [0.1, 0.15) is 65.7 Å². The number of amides is 3. The van der Waals surface area contributed by atoms with Crippen LogP contribution in [0.4, 0.5) is 4.79 Å². The molecular formula is C22H37N3O4. The van der Waals surface area contributed by atoms with Crippen LogP contribution in [0.15, 0.2) is 12.7 Å². The highest BCUT2D eigenvalue weighted by atomic mass is 16.6. The van der Waals surface area contributed by atoms with E-state index in [1.54, 1.807) is 30.0 Å². The summed E-state index contributed by atoms with van der Waals surface area (Å²) in [6.45, 7) is 10.0. The lowest BCUT2D eigenvalue weighted by Gasteiger charge is -2.38. The van der Waals surface area contributed by atoms with E-state index in [4.69, 9.17) is 4.74 Å². The van der Waals surface area contributed by atoms with Gasteiger partial charge in [0.1, 0.15) is 11.1 Å². The first-order valence-corrected chi connectivity index (χ1v) is 10.6. The molecule has 0 aromatic rings. The van der Waals surface area contributed by atoms with Gasteiger partial charge in [-0.15, -0.1) is 6.58 Å². The molecule has 1 atom stereocenters. The van der Waals surface area contributed by atoms with E-state index in [1.807, 2.05) is 20.8 Å². The zero-order valence-electron chi connectivity index (χ0n) is 18.7. The molecule has 0 spiro atoms. The number of rotatable bonds is 6. The number of nitrogens with zero attached hydrogens (tertiary/aromatic N) is 2. The van der Waals surface area contributed by atoms with Crippen LogP contribution in [0.5, 0.6) is 0 Å². The molecule has 0 radical (unpaired) electrons. The van der Waals surface area contributed by atoms with Crippen molar-refractivity contribution in [3.63, 3.8) is 0 Å². The molecule has 0 bridgehead atoms. The van der Waals surface area contributed by atoms with Crippen molar-refractivity contribution in [3.05, 3.63) is 12.7 Å². The normalized spacial score (nSPS) is 23.6. The van der Waals surface area contributed by atoms with Gasteiger partial charge in [-0.3, -0.25) is 14.5 Å². The Kier molecular flexibility index (Phi) is 7.01. The number of carbonyl (C=O) groups excluding carboxylic acids is 3. The topological polar surface area (TPSA) is 79.0 Å². The van der Waals surface area contributed by atoms with E-state index in [1.165, 1.54) is 0 Å². The average molecular weight is 408 g/mol. The van der Waals surface area contributed by atoms with E-state index in [-0.39, 0.29) is 11.8 Å². The number of likely N-dealkylation sites (tertiary alicyclic amines) is 1. The van der Waals surface area contributed by atoms with Gasteiger partial charge in [0.2, 0.25) is 11.8 Å². The lowest BCUT2D eigenvalue weighted by atomic mass is 9.83. The molecule has 2 fully saturated rings. The van der Waals surface area contributed by atoms with E-state index < -0.39 is 22.6 Å². The molecule has 2 rings (SSSR count). The molecule has 1 heterocycles. The smallest absolute Gasteiger partial charge is 0.411 e. The Morgan fingerprint density at radius 3 is 2.28 bits per heavy atom. The van der Waals surface area contributed by atoms with Crippen molar-refractivity contribution in [3.8, 4) is 0 Å². The lowest BCUT2D eigenvalue weighted by Crippen LogP contribution is -2.59. The van der Waals surface area contributed by atoms with Gasteiger partial charge in [0.25, 0.3) is 0 Å². The Bertz CT molecular complexity index is 647. The molecule has 1 aliphatic carbocycles. The minimum absolute atomic E-state index is 0.0588. The van der Waals surface area contributed by atoms with Crippen molar-refractivity contribution in [1.29, 1.82) is 0 Å². The van der Waals surface area contributed by atoms with Crippen LogP contribution >= 0.6 is 0 Å². The third-order valence-electron chi connectivity index (χ3n) is 6.02. The van der Waals surface area contributed by atoms with Crippen LogP contribution in [0.3, 0.4) is 0 Å². The summed E-state index contributed by atoms with van der Waals surface area (Å²) in [5, 5.41) is 3.03. The van der Waals surface area contributed by atoms with Crippen LogP contribution in [0.2, 0.25) is 0 Å². The van der Waals surface area contributed by atoms with Crippen molar-refractivity contribution < 1.29 is 19.1 Å². The van der Waals surface area contributed by atoms with E-state index >= 15 is 0 Å². The van der Waals surface area contributed by atoms with Gasteiger partial charge in [0, 0.05) is 27.2 Å². The number of hydrogen-bond acceptors (Lipinski definition) is 4. The molecule has 164 valence electrons. The molecule has 1 N–H and O–H groups in total. The van der Waals surface area contributed by atoms with Crippen molar-refractivity contribution in [1.82, 2.24) is 15.1 Å². The summed E-state index contributed by atoms with van der Waals surface area (Å²) in [5.41, 5.74) is -2.20. The Morgan fingerprint density at radius 2 is 1.76 bits per heavy atom. The maximum Gasteiger partial charge on any atom is 0.411 e. The minimum Gasteiger partial charge on any atom is -0.444 e. The first-order valence-electron chi connectivity index (χ1n) is 10.6. The first-order chi connectivity index (χ1) is 13.5. The molecule has 7 nitrogen and oxygen atoms in total. The van der Waals surface area contributed by atoms with Gasteiger partial charge in [-0.1, -0.05) is 18.9 Å².